The quantitative estimate of drug-likeness (QED) is 0.649. The van der Waals surface area contributed by atoms with Crippen molar-refractivity contribution in [3.05, 3.63) is 23.3 Å². The zero-order chi connectivity index (χ0) is 15.5. The van der Waals surface area contributed by atoms with Crippen LogP contribution in [0.4, 0.5) is 5.69 Å². The van der Waals surface area contributed by atoms with Gasteiger partial charge in [-0.3, -0.25) is 4.79 Å². The lowest BCUT2D eigenvalue weighted by Crippen LogP contribution is -2.30. The lowest BCUT2D eigenvalue weighted by Gasteiger charge is -2.19. The first-order valence-electron chi connectivity index (χ1n) is 6.10. The zero-order valence-electron chi connectivity index (χ0n) is 12.1. The zero-order valence-corrected chi connectivity index (χ0v) is 13.0. The molecule has 0 aliphatic heterocycles. The topological polar surface area (TPSA) is 89.7 Å². The van der Waals surface area contributed by atoms with Gasteiger partial charge in [-0.1, -0.05) is 0 Å². The minimum absolute atomic E-state index is 0.00652. The number of hydrogen-bond donors (Lipinski definition) is 1. The molecular weight excluding hydrogens is 280 g/mol. The van der Waals surface area contributed by atoms with Crippen LogP contribution in [0.3, 0.4) is 0 Å². The molecule has 20 heavy (non-hydrogen) atoms. The first-order valence-corrected chi connectivity index (χ1v) is 7.54. The van der Waals surface area contributed by atoms with Crippen molar-refractivity contribution < 1.29 is 17.9 Å². The van der Waals surface area contributed by atoms with Crippen molar-refractivity contribution in [1.82, 2.24) is 4.31 Å². The highest BCUT2D eigenvalue weighted by molar-refractivity contribution is 7.89. The number of benzene rings is 1. The SMILES string of the molecule is COC(=O)CCN(C)S(=O)(=O)c1cc(C)cc(N)c1C. The summed E-state index contributed by atoms with van der Waals surface area (Å²) < 4.78 is 30.6. The molecule has 1 aromatic rings. The van der Waals surface area contributed by atoms with Crippen molar-refractivity contribution in [2.75, 3.05) is 26.4 Å². The summed E-state index contributed by atoms with van der Waals surface area (Å²) in [6.07, 6.45) is 0.00652. The Labute approximate surface area is 119 Å². The summed E-state index contributed by atoms with van der Waals surface area (Å²) in [6, 6.07) is 3.30. The summed E-state index contributed by atoms with van der Waals surface area (Å²) in [7, 11) is -0.980. The largest absolute Gasteiger partial charge is 0.469 e. The Balaban J connectivity index is 3.08. The highest BCUT2D eigenvalue weighted by Crippen LogP contribution is 2.25. The third-order valence-corrected chi connectivity index (χ3v) is 5.07. The molecule has 0 bridgehead atoms. The number of carbonyl (C=O) groups is 1. The lowest BCUT2D eigenvalue weighted by molar-refractivity contribution is -0.140. The summed E-state index contributed by atoms with van der Waals surface area (Å²) in [5.41, 5.74) is 7.53. The molecule has 0 radical (unpaired) electrons. The van der Waals surface area contributed by atoms with Crippen LogP contribution in [0.15, 0.2) is 17.0 Å². The number of hydrogen-bond acceptors (Lipinski definition) is 5. The van der Waals surface area contributed by atoms with Crippen LogP contribution in [-0.2, 0) is 19.6 Å². The Morgan fingerprint density at radius 2 is 1.95 bits per heavy atom. The van der Waals surface area contributed by atoms with Crippen molar-refractivity contribution in [2.24, 2.45) is 0 Å². The standard InChI is InChI=1S/C13H20N2O4S/c1-9-7-11(14)10(2)12(8-9)20(17,18)15(3)6-5-13(16)19-4/h7-8H,5-6,14H2,1-4H3. The smallest absolute Gasteiger partial charge is 0.306 e. The van der Waals surface area contributed by atoms with E-state index in [1.807, 2.05) is 0 Å². The molecule has 0 aliphatic carbocycles. The van der Waals surface area contributed by atoms with Gasteiger partial charge in [-0.15, -0.1) is 0 Å². The second-order valence-electron chi connectivity index (χ2n) is 4.63. The number of nitrogens with zero attached hydrogens (tertiary/aromatic N) is 1. The number of nitrogen functional groups attached to an aromatic ring is 1. The van der Waals surface area contributed by atoms with Crippen LogP contribution in [0.1, 0.15) is 17.5 Å². The van der Waals surface area contributed by atoms with Crippen LogP contribution < -0.4 is 5.73 Å². The number of esters is 1. The second-order valence-corrected chi connectivity index (χ2v) is 6.64. The van der Waals surface area contributed by atoms with Gasteiger partial charge < -0.3 is 10.5 Å². The number of rotatable bonds is 5. The molecule has 6 nitrogen and oxygen atoms in total. The summed E-state index contributed by atoms with van der Waals surface area (Å²) in [5.74, 6) is -0.451. The summed E-state index contributed by atoms with van der Waals surface area (Å²) in [6.45, 7) is 3.50. The molecule has 0 fully saturated rings. The second kappa shape index (κ2) is 6.23. The number of sulfonamides is 1. The van der Waals surface area contributed by atoms with E-state index in [-0.39, 0.29) is 17.9 Å². The average molecular weight is 300 g/mol. The number of methoxy groups -OCH3 is 1. The summed E-state index contributed by atoms with van der Waals surface area (Å²) in [5, 5.41) is 0. The van der Waals surface area contributed by atoms with E-state index in [0.717, 1.165) is 9.87 Å². The van der Waals surface area contributed by atoms with Crippen LogP contribution in [-0.4, -0.2) is 39.4 Å². The van der Waals surface area contributed by atoms with Crippen molar-refractivity contribution >= 4 is 21.7 Å². The van der Waals surface area contributed by atoms with Gasteiger partial charge in [-0.25, -0.2) is 12.7 Å². The molecule has 0 aliphatic rings. The maximum Gasteiger partial charge on any atom is 0.306 e. The Morgan fingerprint density at radius 1 is 1.35 bits per heavy atom. The van der Waals surface area contributed by atoms with Gasteiger partial charge in [-0.2, -0.15) is 0 Å². The van der Waals surface area contributed by atoms with Gasteiger partial charge in [0.25, 0.3) is 0 Å². The summed E-state index contributed by atoms with van der Waals surface area (Å²) in [4.78, 5) is 11.3. The van der Waals surface area contributed by atoms with E-state index in [4.69, 9.17) is 5.73 Å². The molecule has 112 valence electrons. The van der Waals surface area contributed by atoms with E-state index in [2.05, 4.69) is 4.74 Å². The fraction of sp³-hybridized carbons (Fsp3) is 0.462. The molecule has 0 atom stereocenters. The Hall–Kier alpha value is -1.60. The lowest BCUT2D eigenvalue weighted by atomic mass is 10.1. The van der Waals surface area contributed by atoms with E-state index in [1.165, 1.54) is 14.2 Å². The van der Waals surface area contributed by atoms with Crippen molar-refractivity contribution in [1.29, 1.82) is 0 Å². The van der Waals surface area contributed by atoms with Gasteiger partial charge in [0, 0.05) is 19.3 Å². The molecule has 7 heteroatoms. The summed E-state index contributed by atoms with van der Waals surface area (Å²) >= 11 is 0. The van der Waals surface area contributed by atoms with E-state index < -0.39 is 16.0 Å². The van der Waals surface area contributed by atoms with E-state index in [9.17, 15) is 13.2 Å². The molecule has 1 aromatic carbocycles. The van der Waals surface area contributed by atoms with Gasteiger partial charge in [0.15, 0.2) is 0 Å². The van der Waals surface area contributed by atoms with Gasteiger partial charge in [0.05, 0.1) is 18.4 Å². The maximum absolute atomic E-state index is 12.5. The normalized spacial score (nSPS) is 11.7. The fourth-order valence-corrected chi connectivity index (χ4v) is 3.27. The predicted molar refractivity (Wildman–Crippen MR) is 76.8 cm³/mol. The van der Waals surface area contributed by atoms with Crippen molar-refractivity contribution in [2.45, 2.75) is 25.2 Å². The Kier molecular flexibility index (Phi) is 5.13. The molecule has 0 aromatic heterocycles. The van der Waals surface area contributed by atoms with Gasteiger partial charge in [0.2, 0.25) is 10.0 Å². The first kappa shape index (κ1) is 16.5. The Morgan fingerprint density at radius 3 is 2.50 bits per heavy atom. The third-order valence-electron chi connectivity index (χ3n) is 3.09. The van der Waals surface area contributed by atoms with E-state index in [1.54, 1.807) is 26.0 Å². The molecule has 0 heterocycles. The number of anilines is 1. The fourth-order valence-electron chi connectivity index (χ4n) is 1.76. The van der Waals surface area contributed by atoms with Crippen molar-refractivity contribution in [3.8, 4) is 0 Å². The van der Waals surface area contributed by atoms with Gasteiger partial charge >= 0.3 is 5.97 Å². The first-order chi connectivity index (χ1) is 9.20. The minimum atomic E-state index is -3.67. The van der Waals surface area contributed by atoms with Crippen molar-refractivity contribution in [3.63, 3.8) is 0 Å². The van der Waals surface area contributed by atoms with E-state index in [0.29, 0.717) is 11.3 Å². The van der Waals surface area contributed by atoms with Gasteiger partial charge in [-0.05, 0) is 37.1 Å². The van der Waals surface area contributed by atoms with Crippen LogP contribution in [0.2, 0.25) is 0 Å². The van der Waals surface area contributed by atoms with Crippen LogP contribution in [0, 0.1) is 13.8 Å². The number of nitrogens with two attached hydrogens (primary N) is 1. The third kappa shape index (κ3) is 3.49. The molecule has 0 unspecified atom stereocenters. The van der Waals surface area contributed by atoms with Crippen LogP contribution in [0.5, 0.6) is 0 Å². The average Bonchev–Trinajstić information content (AvgIpc) is 2.39. The Bertz CT molecular complexity index is 611. The molecule has 0 spiro atoms. The maximum atomic E-state index is 12.5. The van der Waals surface area contributed by atoms with Crippen LogP contribution in [0.25, 0.3) is 0 Å². The monoisotopic (exact) mass is 300 g/mol. The number of aryl methyl sites for hydroxylation is 1. The molecule has 0 saturated heterocycles. The molecule has 0 saturated carbocycles. The molecule has 2 N–H and O–H groups in total. The molecule has 0 amide bonds. The number of carbonyl (C=O) groups excluding carboxylic acids is 1. The highest BCUT2D eigenvalue weighted by Gasteiger charge is 2.24. The highest BCUT2D eigenvalue weighted by atomic mass is 32.2. The predicted octanol–water partition coefficient (Wildman–Crippen LogP) is 1.07. The number of ether oxygens (including phenoxy) is 1. The van der Waals surface area contributed by atoms with Gasteiger partial charge in [0.1, 0.15) is 0 Å². The van der Waals surface area contributed by atoms with Crippen LogP contribution >= 0.6 is 0 Å². The minimum Gasteiger partial charge on any atom is -0.469 e. The molecule has 1 rings (SSSR count). The molecular formula is C13H20N2O4S. The van der Waals surface area contributed by atoms with E-state index >= 15 is 0 Å².